The van der Waals surface area contributed by atoms with E-state index in [2.05, 4.69) is 15.3 Å². The Balaban J connectivity index is 1.78. The highest BCUT2D eigenvalue weighted by Crippen LogP contribution is 2.47. The molecule has 1 aliphatic rings. The van der Waals surface area contributed by atoms with Gasteiger partial charge in [0.2, 0.25) is 5.91 Å². The van der Waals surface area contributed by atoms with E-state index in [1.54, 1.807) is 6.07 Å². The first-order valence-electron chi connectivity index (χ1n) is 8.41. The third-order valence-corrected chi connectivity index (χ3v) is 5.25. The summed E-state index contributed by atoms with van der Waals surface area (Å²) in [6.07, 6.45) is 0.319. The maximum Gasteiger partial charge on any atom is 0.322 e. The van der Waals surface area contributed by atoms with Gasteiger partial charge >= 0.3 is 5.97 Å². The number of H-pyrrole nitrogens is 1. The molecule has 8 nitrogen and oxygen atoms in total. The molecular formula is C18H14F2N4O4S. The second kappa shape index (κ2) is 8.40. The number of nitriles is 1. The molecule has 150 valence electrons. The van der Waals surface area contributed by atoms with Crippen molar-refractivity contribution in [2.45, 2.75) is 23.2 Å². The highest BCUT2D eigenvalue weighted by atomic mass is 32.2. The number of nitrogens with zero attached hydrogens (tertiary/aromatic N) is 2. The number of thioether (sulfide) groups is 1. The van der Waals surface area contributed by atoms with Crippen LogP contribution in [-0.2, 0) is 15.3 Å². The van der Waals surface area contributed by atoms with Gasteiger partial charge in [-0.3, -0.25) is 14.4 Å². The van der Waals surface area contributed by atoms with Gasteiger partial charge in [-0.2, -0.15) is 5.26 Å². The van der Waals surface area contributed by atoms with E-state index in [-0.39, 0.29) is 27.7 Å². The molecule has 1 aliphatic carbocycles. The van der Waals surface area contributed by atoms with E-state index in [0.29, 0.717) is 6.42 Å². The summed E-state index contributed by atoms with van der Waals surface area (Å²) in [6.45, 7) is -0.531. The molecule has 2 aromatic rings. The number of aromatic nitrogens is 2. The number of nitrogens with one attached hydrogen (secondary N) is 2. The molecule has 0 aliphatic heterocycles. The van der Waals surface area contributed by atoms with Crippen molar-refractivity contribution in [2.75, 3.05) is 6.54 Å². The minimum atomic E-state index is -1.19. The molecule has 1 aromatic carbocycles. The first-order valence-corrected chi connectivity index (χ1v) is 9.40. The van der Waals surface area contributed by atoms with E-state index in [9.17, 15) is 28.4 Å². The fourth-order valence-electron chi connectivity index (χ4n) is 2.80. The number of rotatable bonds is 7. The molecule has 1 aromatic heterocycles. The number of aliphatic carboxylic acids is 1. The van der Waals surface area contributed by atoms with Crippen molar-refractivity contribution in [3.8, 4) is 6.07 Å². The van der Waals surface area contributed by atoms with Crippen LogP contribution in [0.5, 0.6) is 0 Å². The molecule has 0 spiro atoms. The van der Waals surface area contributed by atoms with Gasteiger partial charge < -0.3 is 15.4 Å². The Labute approximate surface area is 167 Å². The maximum absolute atomic E-state index is 13.8. The van der Waals surface area contributed by atoms with Crippen LogP contribution in [0.4, 0.5) is 8.78 Å². The largest absolute Gasteiger partial charge is 0.480 e. The molecule has 29 heavy (non-hydrogen) atoms. The monoisotopic (exact) mass is 420 g/mol. The van der Waals surface area contributed by atoms with Crippen molar-refractivity contribution in [1.82, 2.24) is 15.3 Å². The molecule has 2 atom stereocenters. The van der Waals surface area contributed by atoms with E-state index in [0.717, 1.165) is 17.8 Å². The molecule has 0 unspecified atom stereocenters. The van der Waals surface area contributed by atoms with E-state index >= 15 is 0 Å². The van der Waals surface area contributed by atoms with Gasteiger partial charge in [0, 0.05) is 23.2 Å². The molecule has 1 saturated carbocycles. The van der Waals surface area contributed by atoms with Crippen LogP contribution in [0.1, 0.15) is 29.2 Å². The summed E-state index contributed by atoms with van der Waals surface area (Å²) in [5.41, 5.74) is -0.712. The van der Waals surface area contributed by atoms with E-state index in [1.165, 1.54) is 12.1 Å². The van der Waals surface area contributed by atoms with Crippen LogP contribution in [0.2, 0.25) is 0 Å². The lowest BCUT2D eigenvalue weighted by Crippen LogP contribution is -2.31. The number of benzene rings is 1. The summed E-state index contributed by atoms with van der Waals surface area (Å²) in [7, 11) is 0. The number of amides is 1. The lowest BCUT2D eigenvalue weighted by molar-refractivity contribution is -0.138. The molecule has 1 heterocycles. The van der Waals surface area contributed by atoms with Gasteiger partial charge in [-0.05, 0) is 12.5 Å². The van der Waals surface area contributed by atoms with Crippen LogP contribution in [0.3, 0.4) is 0 Å². The predicted molar refractivity (Wildman–Crippen MR) is 97.0 cm³/mol. The Morgan fingerprint density at radius 1 is 1.41 bits per heavy atom. The van der Waals surface area contributed by atoms with E-state index in [1.807, 2.05) is 0 Å². The zero-order chi connectivity index (χ0) is 21.1. The van der Waals surface area contributed by atoms with Crippen LogP contribution in [0.15, 0.2) is 28.2 Å². The van der Waals surface area contributed by atoms with E-state index < -0.39 is 47.5 Å². The second-order valence-electron chi connectivity index (χ2n) is 6.30. The summed E-state index contributed by atoms with van der Waals surface area (Å²) < 4.78 is 27.1. The van der Waals surface area contributed by atoms with Crippen LogP contribution in [0.25, 0.3) is 0 Å². The summed E-state index contributed by atoms with van der Waals surface area (Å²) in [6, 6.07) is 5.51. The zero-order valence-corrected chi connectivity index (χ0v) is 15.6. The molecule has 1 fully saturated rings. The van der Waals surface area contributed by atoms with Crippen LogP contribution >= 0.6 is 11.8 Å². The maximum atomic E-state index is 13.8. The third kappa shape index (κ3) is 4.60. The Bertz CT molecular complexity index is 1080. The molecule has 1 amide bonds. The molecule has 0 radical (unpaired) electrons. The number of hydrogen-bond donors (Lipinski definition) is 3. The number of carboxylic acid groups (broad SMARTS) is 1. The molecular weight excluding hydrogens is 406 g/mol. The van der Waals surface area contributed by atoms with Crippen molar-refractivity contribution in [2.24, 2.45) is 5.92 Å². The van der Waals surface area contributed by atoms with Gasteiger partial charge in [0.05, 0.1) is 5.69 Å². The van der Waals surface area contributed by atoms with Crippen molar-refractivity contribution < 1.29 is 23.5 Å². The lowest BCUT2D eigenvalue weighted by atomic mass is 10.1. The Morgan fingerprint density at radius 2 is 2.17 bits per heavy atom. The molecule has 0 bridgehead atoms. The van der Waals surface area contributed by atoms with Gasteiger partial charge in [-0.15, -0.1) is 0 Å². The lowest BCUT2D eigenvalue weighted by Gasteiger charge is -2.07. The fourth-order valence-corrected chi connectivity index (χ4v) is 3.64. The van der Waals surface area contributed by atoms with Crippen LogP contribution in [-0.4, -0.2) is 33.5 Å². The second-order valence-corrected chi connectivity index (χ2v) is 7.27. The number of aromatic amines is 1. The predicted octanol–water partition coefficient (Wildman–Crippen LogP) is 1.52. The molecule has 11 heteroatoms. The van der Waals surface area contributed by atoms with E-state index in [4.69, 9.17) is 5.11 Å². The Kier molecular flexibility index (Phi) is 5.93. The summed E-state index contributed by atoms with van der Waals surface area (Å²) >= 11 is 0.952. The number of carbonyl (C=O) groups excluding carboxylic acids is 1. The van der Waals surface area contributed by atoms with Gasteiger partial charge in [0.25, 0.3) is 5.56 Å². The number of hydrogen-bond acceptors (Lipinski definition) is 6. The van der Waals surface area contributed by atoms with Crippen LogP contribution in [0, 0.1) is 28.9 Å². The SMILES string of the molecule is N#Cc1c([C@@H]2C[C@H]2C(=O)NCC(=O)O)nc(SCc2cccc(F)c2F)[nH]c1=O. The van der Waals surface area contributed by atoms with Gasteiger partial charge in [-0.1, -0.05) is 23.9 Å². The Morgan fingerprint density at radius 3 is 2.86 bits per heavy atom. The van der Waals surface area contributed by atoms with Gasteiger partial charge in [-0.25, -0.2) is 13.8 Å². The summed E-state index contributed by atoms with van der Waals surface area (Å²) in [4.78, 5) is 41.4. The third-order valence-electron chi connectivity index (χ3n) is 4.33. The first-order chi connectivity index (χ1) is 13.8. The number of halogens is 2. The molecule has 0 saturated heterocycles. The van der Waals surface area contributed by atoms with Gasteiger partial charge in [0.15, 0.2) is 16.8 Å². The standard InChI is InChI=1S/C18H14F2N4O4S/c19-12-3-1-2-8(14(12)20)7-29-18-23-15(11(5-21)17(28)24-18)9-4-10(9)16(27)22-6-13(25)26/h1-3,9-10H,4,6-7H2,(H,22,27)(H,25,26)(H,23,24,28)/t9-,10-/m1/s1. The van der Waals surface area contributed by atoms with Crippen molar-refractivity contribution in [3.63, 3.8) is 0 Å². The Hall–Kier alpha value is -3.26. The summed E-state index contributed by atoms with van der Waals surface area (Å²) in [5.74, 6) is -4.76. The van der Waals surface area contributed by atoms with Crippen molar-refractivity contribution >= 4 is 23.6 Å². The normalized spacial score (nSPS) is 17.4. The highest BCUT2D eigenvalue weighted by molar-refractivity contribution is 7.98. The van der Waals surface area contributed by atoms with Crippen LogP contribution < -0.4 is 10.9 Å². The topological polar surface area (TPSA) is 136 Å². The number of carboxylic acids is 1. The molecule has 3 rings (SSSR count). The quantitative estimate of drug-likeness (QED) is 0.456. The average molecular weight is 420 g/mol. The smallest absolute Gasteiger partial charge is 0.322 e. The minimum Gasteiger partial charge on any atom is -0.480 e. The zero-order valence-electron chi connectivity index (χ0n) is 14.7. The fraction of sp³-hybridized carbons (Fsp3) is 0.278. The summed E-state index contributed by atoms with van der Waals surface area (Å²) in [5, 5.41) is 20.2. The first kappa shape index (κ1) is 20.5. The minimum absolute atomic E-state index is 0.00886. The molecule has 3 N–H and O–H groups in total. The average Bonchev–Trinajstić information content (AvgIpc) is 3.47. The van der Waals surface area contributed by atoms with Gasteiger partial charge in [0.1, 0.15) is 18.2 Å². The number of carbonyl (C=O) groups is 2. The van der Waals surface area contributed by atoms with Crippen molar-refractivity contribution in [3.05, 3.63) is 57.0 Å². The van der Waals surface area contributed by atoms with Crippen molar-refractivity contribution in [1.29, 1.82) is 5.26 Å². The highest BCUT2D eigenvalue weighted by Gasteiger charge is 2.46.